The fraction of sp³-hybridized carbons (Fsp3) is 0. The first-order valence-corrected chi connectivity index (χ1v) is 3.64. The molecule has 0 unspecified atom stereocenters. The van der Waals surface area contributed by atoms with Crippen molar-refractivity contribution in [2.24, 2.45) is 0 Å². The molecule has 0 aliphatic rings. The van der Waals surface area contributed by atoms with Gasteiger partial charge in [-0.15, -0.1) is 0 Å². The normalized spacial score (nSPS) is 9.79. The van der Waals surface area contributed by atoms with Crippen molar-refractivity contribution in [3.05, 3.63) is 42.0 Å². The Morgan fingerprint density at radius 2 is 1.93 bits per heavy atom. The number of carbonyl (C=O) groups is 1. The molecule has 0 bridgehead atoms. The summed E-state index contributed by atoms with van der Waals surface area (Å²) in [5.41, 5.74) is 0.778. The van der Waals surface area contributed by atoms with Crippen LogP contribution in [0.15, 0.2) is 36.4 Å². The van der Waals surface area contributed by atoms with Crippen LogP contribution in [0.2, 0.25) is 0 Å². The van der Waals surface area contributed by atoms with Gasteiger partial charge in [0, 0.05) is 6.08 Å². The van der Waals surface area contributed by atoms with E-state index in [9.17, 15) is 4.79 Å². The molecule has 4 heteroatoms. The molecular weight excluding hydrogens is 205 g/mol. The average molecular weight is 213 g/mol. The van der Waals surface area contributed by atoms with Crippen molar-refractivity contribution in [2.75, 3.05) is 0 Å². The first-order chi connectivity index (χ1) is 6.24. The third kappa shape index (κ3) is 4.18. The molecule has 0 atom stereocenters. The molecule has 0 aliphatic heterocycles. The number of nitriles is 1. The summed E-state index contributed by atoms with van der Waals surface area (Å²) in [5.74, 6) is -1.11. The molecule has 0 saturated carbocycles. The number of allylic oxidation sites excluding steroid dienone is 1. The predicted molar refractivity (Wildman–Crippen MR) is 54.8 cm³/mol. The van der Waals surface area contributed by atoms with Gasteiger partial charge in [0.05, 0.1) is 5.57 Å². The van der Waals surface area contributed by atoms with E-state index < -0.39 is 5.97 Å². The molecule has 0 fully saturated rings. The second-order valence-corrected chi connectivity index (χ2v) is 2.37. The molecule has 0 aliphatic carbocycles. The summed E-state index contributed by atoms with van der Waals surface area (Å²) < 4.78 is 0. The summed E-state index contributed by atoms with van der Waals surface area (Å²) in [4.78, 5) is 10.3. The fourth-order valence-corrected chi connectivity index (χ4v) is 0.921. The number of nitrogens with zero attached hydrogens (tertiary/aromatic N) is 1. The van der Waals surface area contributed by atoms with Crippen molar-refractivity contribution in [1.82, 2.24) is 0 Å². The van der Waals surface area contributed by atoms with E-state index in [0.717, 1.165) is 6.08 Å². The minimum absolute atomic E-state index is 0. The molecule has 14 heavy (non-hydrogen) atoms. The molecule has 0 amide bonds. The number of hydrogen-bond donors (Lipinski definition) is 1. The van der Waals surface area contributed by atoms with Gasteiger partial charge in [0.2, 0.25) is 0 Å². The van der Waals surface area contributed by atoms with E-state index in [0.29, 0.717) is 5.56 Å². The standard InChI is InChI=1S/C10H7NO2.K.H/c11-7-9(6-10(12)13)8-4-2-1-3-5-8;;/h1-6H,(H,12,13);;/b9-6-;;. The fourth-order valence-electron chi connectivity index (χ4n) is 0.921. The first-order valence-electron chi connectivity index (χ1n) is 3.64. The van der Waals surface area contributed by atoms with Crippen LogP contribution < -0.4 is 0 Å². The van der Waals surface area contributed by atoms with E-state index in [1.165, 1.54) is 0 Å². The zero-order valence-electron chi connectivity index (χ0n) is 6.77. The SMILES string of the molecule is N#C/C(=C/C(=O)O)c1ccccc1.[KH]. The number of aliphatic carboxylic acids is 1. The van der Waals surface area contributed by atoms with Crippen LogP contribution in [0, 0.1) is 11.3 Å². The molecule has 1 N–H and O–H groups in total. The molecule has 1 aromatic carbocycles. The van der Waals surface area contributed by atoms with Gasteiger partial charge in [-0.1, -0.05) is 30.3 Å². The zero-order chi connectivity index (χ0) is 9.68. The molecule has 0 aromatic heterocycles. The molecular formula is C10H8KNO2. The molecule has 1 aromatic rings. The molecule has 0 radical (unpaired) electrons. The Bertz CT molecular complexity index is 379. The number of rotatable bonds is 2. The van der Waals surface area contributed by atoms with Crippen molar-refractivity contribution < 1.29 is 9.90 Å². The van der Waals surface area contributed by atoms with E-state index in [-0.39, 0.29) is 57.0 Å². The van der Waals surface area contributed by atoms with Crippen molar-refractivity contribution in [2.45, 2.75) is 0 Å². The van der Waals surface area contributed by atoms with Crippen LogP contribution in [-0.4, -0.2) is 62.5 Å². The van der Waals surface area contributed by atoms with Crippen LogP contribution in [0.1, 0.15) is 5.56 Å². The van der Waals surface area contributed by atoms with Gasteiger partial charge in [-0.3, -0.25) is 0 Å². The van der Waals surface area contributed by atoms with Crippen LogP contribution in [0.25, 0.3) is 5.57 Å². The number of hydrogen-bond acceptors (Lipinski definition) is 2. The molecule has 3 nitrogen and oxygen atoms in total. The summed E-state index contributed by atoms with van der Waals surface area (Å²) in [7, 11) is 0. The molecule has 0 spiro atoms. The van der Waals surface area contributed by atoms with E-state index >= 15 is 0 Å². The van der Waals surface area contributed by atoms with Gasteiger partial charge in [0.1, 0.15) is 6.07 Å². The van der Waals surface area contributed by atoms with E-state index in [1.54, 1.807) is 30.3 Å². The van der Waals surface area contributed by atoms with Gasteiger partial charge < -0.3 is 5.11 Å². The third-order valence-electron chi connectivity index (χ3n) is 1.47. The summed E-state index contributed by atoms with van der Waals surface area (Å²) in [6.07, 6.45) is 0.898. The summed E-state index contributed by atoms with van der Waals surface area (Å²) in [5, 5.41) is 17.1. The van der Waals surface area contributed by atoms with Gasteiger partial charge in [-0.05, 0) is 5.56 Å². The van der Waals surface area contributed by atoms with Gasteiger partial charge in [-0.25, -0.2) is 4.79 Å². The number of carboxylic acids is 1. The van der Waals surface area contributed by atoms with Crippen molar-refractivity contribution in [1.29, 1.82) is 5.26 Å². The Morgan fingerprint density at radius 1 is 1.36 bits per heavy atom. The van der Waals surface area contributed by atoms with Gasteiger partial charge in [0.15, 0.2) is 0 Å². The van der Waals surface area contributed by atoms with Crippen LogP contribution in [-0.2, 0) is 4.79 Å². The monoisotopic (exact) mass is 213 g/mol. The first kappa shape index (κ1) is 13.6. The summed E-state index contributed by atoms with van der Waals surface area (Å²) in [6, 6.07) is 10.5. The quantitative estimate of drug-likeness (QED) is 0.453. The van der Waals surface area contributed by atoms with Crippen LogP contribution in [0.5, 0.6) is 0 Å². The Balaban J connectivity index is 0.00000169. The molecule has 1 rings (SSSR count). The van der Waals surface area contributed by atoms with Crippen molar-refractivity contribution in [3.8, 4) is 6.07 Å². The van der Waals surface area contributed by atoms with Crippen molar-refractivity contribution in [3.63, 3.8) is 0 Å². The van der Waals surface area contributed by atoms with E-state index in [4.69, 9.17) is 10.4 Å². The van der Waals surface area contributed by atoms with Gasteiger partial charge in [0.25, 0.3) is 0 Å². The minimum atomic E-state index is -1.11. The second kappa shape index (κ2) is 6.93. The van der Waals surface area contributed by atoms with Gasteiger partial charge in [-0.2, -0.15) is 5.26 Å². The zero-order valence-corrected chi connectivity index (χ0v) is 6.77. The Kier molecular flexibility index (Phi) is 6.71. The summed E-state index contributed by atoms with van der Waals surface area (Å²) in [6.45, 7) is 0. The Hall–Kier alpha value is -0.444. The van der Waals surface area contributed by atoms with Crippen molar-refractivity contribution >= 4 is 62.9 Å². The summed E-state index contributed by atoms with van der Waals surface area (Å²) >= 11 is 0. The third-order valence-corrected chi connectivity index (χ3v) is 1.47. The van der Waals surface area contributed by atoms with Crippen LogP contribution in [0.4, 0.5) is 0 Å². The molecule has 66 valence electrons. The number of benzene rings is 1. The average Bonchev–Trinajstić information content (AvgIpc) is 2.15. The topological polar surface area (TPSA) is 61.1 Å². The molecule has 0 saturated heterocycles. The maximum absolute atomic E-state index is 10.3. The Labute approximate surface area is 124 Å². The maximum atomic E-state index is 10.3. The second-order valence-electron chi connectivity index (χ2n) is 2.37. The van der Waals surface area contributed by atoms with Crippen LogP contribution in [0.3, 0.4) is 0 Å². The van der Waals surface area contributed by atoms with Gasteiger partial charge >= 0.3 is 57.4 Å². The Morgan fingerprint density at radius 3 is 2.36 bits per heavy atom. The van der Waals surface area contributed by atoms with E-state index in [2.05, 4.69) is 0 Å². The van der Waals surface area contributed by atoms with Crippen LogP contribution >= 0.6 is 0 Å². The molecule has 0 heterocycles. The number of carboxylic acid groups (broad SMARTS) is 1. The van der Waals surface area contributed by atoms with E-state index in [1.807, 2.05) is 6.07 Å². The predicted octanol–water partition coefficient (Wildman–Crippen LogP) is 1.03.